The highest BCUT2D eigenvalue weighted by Crippen LogP contribution is 2.29. The molecule has 2 amide bonds. The van der Waals surface area contributed by atoms with E-state index in [1.54, 1.807) is 0 Å². The molecule has 32 heavy (non-hydrogen) atoms. The molecule has 2 aromatic rings. The van der Waals surface area contributed by atoms with Crippen LogP contribution in [0.1, 0.15) is 17.5 Å². The average molecular weight is 471 g/mol. The van der Waals surface area contributed by atoms with E-state index in [1.165, 1.54) is 30.3 Å². The zero-order valence-corrected chi connectivity index (χ0v) is 17.4. The zero-order valence-electron chi connectivity index (χ0n) is 16.6. The van der Waals surface area contributed by atoms with Gasteiger partial charge in [-0.05, 0) is 35.9 Å². The van der Waals surface area contributed by atoms with Crippen molar-refractivity contribution < 1.29 is 31.9 Å². The highest BCUT2D eigenvalue weighted by molar-refractivity contribution is 6.30. The monoisotopic (exact) mass is 470 g/mol. The molecular formula is C22H19ClF4N2O3. The second-order valence-electron chi connectivity index (χ2n) is 6.51. The smallest absolute Gasteiger partial charge is 0.416 e. The fourth-order valence-corrected chi connectivity index (χ4v) is 2.47. The Bertz CT molecular complexity index is 1010. The van der Waals surface area contributed by atoms with Gasteiger partial charge in [0.05, 0.1) is 10.6 Å². The van der Waals surface area contributed by atoms with Crippen molar-refractivity contribution in [1.29, 1.82) is 0 Å². The van der Waals surface area contributed by atoms with Crippen LogP contribution >= 0.6 is 11.6 Å². The van der Waals surface area contributed by atoms with E-state index in [-0.39, 0.29) is 30.3 Å². The minimum absolute atomic E-state index is 0.0587. The number of amides is 2. The minimum Gasteiger partial charge on any atom is -0.484 e. The topological polar surface area (TPSA) is 67.4 Å². The number of halogens is 5. The highest BCUT2D eigenvalue weighted by Gasteiger charge is 2.29. The van der Waals surface area contributed by atoms with Crippen molar-refractivity contribution in [2.75, 3.05) is 13.2 Å². The van der Waals surface area contributed by atoms with Crippen LogP contribution in [0.25, 0.3) is 6.08 Å². The lowest BCUT2D eigenvalue weighted by atomic mass is 10.1. The summed E-state index contributed by atoms with van der Waals surface area (Å²) in [6.07, 6.45) is -1.67. The molecule has 0 fully saturated rings. The Morgan fingerprint density at radius 1 is 1.12 bits per heavy atom. The Hall–Kier alpha value is -3.33. The fourth-order valence-electron chi connectivity index (χ4n) is 2.35. The number of hydrogen-bond acceptors (Lipinski definition) is 3. The van der Waals surface area contributed by atoms with Crippen LogP contribution in [0.3, 0.4) is 0 Å². The predicted molar refractivity (Wildman–Crippen MR) is 112 cm³/mol. The molecular weight excluding hydrogens is 452 g/mol. The molecule has 2 N–H and O–H groups in total. The summed E-state index contributed by atoms with van der Waals surface area (Å²) in [5, 5.41) is 4.99. The molecule has 0 aromatic heterocycles. The van der Waals surface area contributed by atoms with E-state index in [1.807, 2.05) is 0 Å². The second-order valence-corrected chi connectivity index (χ2v) is 6.92. The molecule has 0 heterocycles. The van der Waals surface area contributed by atoms with E-state index >= 15 is 0 Å². The maximum absolute atomic E-state index is 13.3. The summed E-state index contributed by atoms with van der Waals surface area (Å²) < 4.78 is 56.1. The van der Waals surface area contributed by atoms with E-state index in [0.717, 1.165) is 24.3 Å². The summed E-state index contributed by atoms with van der Waals surface area (Å²) in [6.45, 7) is 3.50. The summed E-state index contributed by atoms with van der Waals surface area (Å²) in [6, 6.07) is 8.13. The van der Waals surface area contributed by atoms with Crippen molar-refractivity contribution in [3.8, 4) is 5.75 Å². The summed E-state index contributed by atoms with van der Waals surface area (Å²) in [7, 11) is 0. The van der Waals surface area contributed by atoms with Crippen molar-refractivity contribution in [2.45, 2.75) is 12.6 Å². The van der Waals surface area contributed by atoms with Gasteiger partial charge in [-0.25, -0.2) is 4.39 Å². The summed E-state index contributed by atoms with van der Waals surface area (Å²) in [4.78, 5) is 23.6. The van der Waals surface area contributed by atoms with Crippen molar-refractivity contribution >= 4 is 29.5 Å². The first-order chi connectivity index (χ1) is 15.0. The molecule has 2 rings (SSSR count). The second kappa shape index (κ2) is 11.3. The maximum Gasteiger partial charge on any atom is 0.416 e. The van der Waals surface area contributed by atoms with Crippen LogP contribution in [0.15, 0.2) is 60.8 Å². The van der Waals surface area contributed by atoms with E-state index in [4.69, 9.17) is 16.3 Å². The maximum atomic E-state index is 13.3. The molecule has 0 aliphatic rings. The predicted octanol–water partition coefficient (Wildman–Crippen LogP) is 4.73. The van der Waals surface area contributed by atoms with Crippen molar-refractivity contribution in [3.05, 3.63) is 82.8 Å². The molecule has 170 valence electrons. The Morgan fingerprint density at radius 2 is 1.81 bits per heavy atom. The van der Waals surface area contributed by atoms with Crippen LogP contribution in [0.5, 0.6) is 5.75 Å². The Balaban J connectivity index is 1.68. The Labute approximate surface area is 186 Å². The van der Waals surface area contributed by atoms with E-state index in [9.17, 15) is 27.2 Å². The average Bonchev–Trinajstić information content (AvgIpc) is 2.72. The third-order valence-corrected chi connectivity index (χ3v) is 4.28. The number of alkyl halides is 3. The molecule has 0 spiro atoms. The van der Waals surface area contributed by atoms with Gasteiger partial charge >= 0.3 is 6.18 Å². The largest absolute Gasteiger partial charge is 0.484 e. The molecule has 10 heteroatoms. The van der Waals surface area contributed by atoms with Gasteiger partial charge in [-0.1, -0.05) is 30.3 Å². The molecule has 0 saturated carbocycles. The van der Waals surface area contributed by atoms with Crippen molar-refractivity contribution in [2.24, 2.45) is 0 Å². The SMILES string of the molecule is C=C(CCNC(=O)COc1ccc(Cl)c(F)c1)NC(=O)/C=C/c1ccc(C(F)(F)F)cc1. The number of carbonyl (C=O) groups is 2. The quantitative estimate of drug-likeness (QED) is 0.411. The van der Waals surface area contributed by atoms with Gasteiger partial charge in [-0.2, -0.15) is 13.2 Å². The summed E-state index contributed by atoms with van der Waals surface area (Å²) in [5.74, 6) is -1.49. The first kappa shape index (κ1) is 24.9. The lowest BCUT2D eigenvalue weighted by Crippen LogP contribution is -2.31. The lowest BCUT2D eigenvalue weighted by molar-refractivity contribution is -0.137. The molecule has 0 unspecified atom stereocenters. The van der Waals surface area contributed by atoms with Gasteiger partial charge in [0.2, 0.25) is 5.91 Å². The molecule has 0 bridgehead atoms. The third kappa shape index (κ3) is 8.43. The number of carbonyl (C=O) groups excluding carboxylic acids is 2. The van der Waals surface area contributed by atoms with Crippen LogP contribution < -0.4 is 15.4 Å². The standard InChI is InChI=1S/C22H19ClF4N2O3/c1-14(10-11-28-21(31)13-32-17-7-8-18(23)19(24)12-17)29-20(30)9-4-15-2-5-16(6-3-15)22(25,26)27/h2-9,12H,1,10-11,13H2,(H,28,31)(H,29,30)/b9-4+. The Morgan fingerprint density at radius 3 is 2.44 bits per heavy atom. The van der Waals surface area contributed by atoms with Gasteiger partial charge in [-0.15, -0.1) is 0 Å². The number of ether oxygens (including phenoxy) is 1. The molecule has 0 aliphatic heterocycles. The number of hydrogen-bond donors (Lipinski definition) is 2. The Kier molecular flexibility index (Phi) is 8.83. The molecule has 0 radical (unpaired) electrons. The van der Waals surface area contributed by atoms with Crippen LogP contribution in [0, 0.1) is 5.82 Å². The van der Waals surface area contributed by atoms with Gasteiger partial charge in [0, 0.05) is 30.8 Å². The summed E-state index contributed by atoms with van der Waals surface area (Å²) >= 11 is 5.56. The van der Waals surface area contributed by atoms with Gasteiger partial charge < -0.3 is 15.4 Å². The fraction of sp³-hybridized carbons (Fsp3) is 0.182. The van der Waals surface area contributed by atoms with Gasteiger partial charge in [0.1, 0.15) is 11.6 Å². The zero-order chi connectivity index (χ0) is 23.7. The first-order valence-electron chi connectivity index (χ1n) is 9.23. The van der Waals surface area contributed by atoms with Crippen molar-refractivity contribution in [1.82, 2.24) is 10.6 Å². The highest BCUT2D eigenvalue weighted by atomic mass is 35.5. The molecule has 2 aromatic carbocycles. The van der Waals surface area contributed by atoms with Crippen LogP contribution in [-0.2, 0) is 15.8 Å². The first-order valence-corrected chi connectivity index (χ1v) is 9.61. The third-order valence-electron chi connectivity index (χ3n) is 3.98. The normalized spacial score (nSPS) is 11.3. The number of nitrogens with one attached hydrogen (secondary N) is 2. The molecule has 5 nitrogen and oxygen atoms in total. The molecule has 0 atom stereocenters. The van der Waals surface area contributed by atoms with Gasteiger partial charge in [0.25, 0.3) is 5.91 Å². The number of benzene rings is 2. The van der Waals surface area contributed by atoms with Crippen molar-refractivity contribution in [3.63, 3.8) is 0 Å². The lowest BCUT2D eigenvalue weighted by Gasteiger charge is -2.09. The molecule has 0 saturated heterocycles. The summed E-state index contributed by atoms with van der Waals surface area (Å²) in [5.41, 5.74) is -0.0279. The molecule has 0 aliphatic carbocycles. The minimum atomic E-state index is -4.42. The van der Waals surface area contributed by atoms with Crippen LogP contribution in [-0.4, -0.2) is 25.0 Å². The van der Waals surface area contributed by atoms with Crippen LogP contribution in [0.2, 0.25) is 5.02 Å². The van der Waals surface area contributed by atoms with Gasteiger partial charge in [-0.3, -0.25) is 9.59 Å². The van der Waals surface area contributed by atoms with Crippen LogP contribution in [0.4, 0.5) is 17.6 Å². The van der Waals surface area contributed by atoms with E-state index in [2.05, 4.69) is 17.2 Å². The van der Waals surface area contributed by atoms with E-state index < -0.39 is 29.4 Å². The van der Waals surface area contributed by atoms with E-state index in [0.29, 0.717) is 11.3 Å². The van der Waals surface area contributed by atoms with Gasteiger partial charge in [0.15, 0.2) is 6.61 Å². The number of rotatable bonds is 9.